The molecule has 16 heavy (non-hydrogen) atoms. The van der Waals surface area contributed by atoms with E-state index in [0.717, 1.165) is 19.1 Å². The second-order valence-corrected chi connectivity index (χ2v) is 6.28. The first-order valence-corrected chi connectivity index (χ1v) is 6.95. The molecule has 0 bridgehead atoms. The van der Waals surface area contributed by atoms with Crippen LogP contribution in [0.4, 0.5) is 0 Å². The van der Waals surface area contributed by atoms with Crippen LogP contribution in [0.1, 0.15) is 58.8 Å². The molecular weight excluding hydrogens is 196 g/mol. The molecule has 96 valence electrons. The third-order valence-electron chi connectivity index (χ3n) is 3.93. The molecule has 0 aliphatic heterocycles. The Morgan fingerprint density at radius 1 is 1.06 bits per heavy atom. The third-order valence-corrected chi connectivity index (χ3v) is 3.93. The number of nitrogens with two attached hydrogens (primary N) is 1. The van der Waals surface area contributed by atoms with E-state index in [4.69, 9.17) is 5.73 Å². The fraction of sp³-hybridized carbons (Fsp3) is 1.00. The predicted molar refractivity (Wildman–Crippen MR) is 71.6 cm³/mol. The van der Waals surface area contributed by atoms with Crippen molar-refractivity contribution < 1.29 is 0 Å². The Hall–Kier alpha value is -0.0800. The van der Waals surface area contributed by atoms with Crippen LogP contribution in [-0.2, 0) is 0 Å². The number of hydrogen-bond donors (Lipinski definition) is 1. The summed E-state index contributed by atoms with van der Waals surface area (Å²) >= 11 is 0. The summed E-state index contributed by atoms with van der Waals surface area (Å²) in [5, 5.41) is 0. The van der Waals surface area contributed by atoms with E-state index in [1.807, 2.05) is 0 Å². The first-order valence-electron chi connectivity index (χ1n) is 6.95. The Labute approximate surface area is 102 Å². The Kier molecular flexibility index (Phi) is 5.77. The molecule has 1 aliphatic carbocycles. The molecule has 0 radical (unpaired) electrons. The maximum Gasteiger partial charge on any atom is 0.00924 e. The average molecular weight is 226 g/mol. The van der Waals surface area contributed by atoms with Gasteiger partial charge in [-0.15, -0.1) is 0 Å². The predicted octanol–water partition coefficient (Wildman–Crippen LogP) is 3.02. The van der Waals surface area contributed by atoms with E-state index < -0.39 is 0 Å². The van der Waals surface area contributed by atoms with Gasteiger partial charge in [0, 0.05) is 12.6 Å². The number of nitrogens with zero attached hydrogens (tertiary/aromatic N) is 1. The average Bonchev–Trinajstić information content (AvgIpc) is 2.16. The van der Waals surface area contributed by atoms with E-state index in [1.54, 1.807) is 0 Å². The molecule has 0 spiro atoms. The fourth-order valence-corrected chi connectivity index (χ4v) is 2.74. The molecule has 0 aromatic heterocycles. The van der Waals surface area contributed by atoms with Crippen LogP contribution in [0.3, 0.4) is 0 Å². The second kappa shape index (κ2) is 6.61. The highest BCUT2D eigenvalue weighted by molar-refractivity contribution is 4.78. The van der Waals surface area contributed by atoms with E-state index in [1.165, 1.54) is 44.9 Å². The van der Waals surface area contributed by atoms with Crippen molar-refractivity contribution in [2.45, 2.75) is 64.8 Å². The SMILES string of the molecule is CN(CC(C)(C)CN)C1CCCCCCC1. The van der Waals surface area contributed by atoms with Crippen LogP contribution in [0, 0.1) is 5.41 Å². The van der Waals surface area contributed by atoms with Gasteiger partial charge >= 0.3 is 0 Å². The number of hydrogen-bond acceptors (Lipinski definition) is 2. The molecule has 2 heteroatoms. The van der Waals surface area contributed by atoms with Gasteiger partial charge in [-0.05, 0) is 31.8 Å². The van der Waals surface area contributed by atoms with Crippen LogP contribution in [0.25, 0.3) is 0 Å². The molecule has 1 saturated carbocycles. The fourth-order valence-electron chi connectivity index (χ4n) is 2.74. The zero-order valence-electron chi connectivity index (χ0n) is 11.5. The summed E-state index contributed by atoms with van der Waals surface area (Å²) in [6.07, 6.45) is 9.92. The molecule has 2 nitrogen and oxygen atoms in total. The van der Waals surface area contributed by atoms with Gasteiger partial charge in [0.15, 0.2) is 0 Å². The molecule has 0 heterocycles. The van der Waals surface area contributed by atoms with E-state index >= 15 is 0 Å². The van der Waals surface area contributed by atoms with Crippen LogP contribution in [0.2, 0.25) is 0 Å². The van der Waals surface area contributed by atoms with Crippen molar-refractivity contribution in [2.24, 2.45) is 11.1 Å². The lowest BCUT2D eigenvalue weighted by molar-refractivity contribution is 0.143. The third kappa shape index (κ3) is 4.84. The first-order chi connectivity index (χ1) is 7.55. The van der Waals surface area contributed by atoms with Crippen LogP contribution in [0.15, 0.2) is 0 Å². The first kappa shape index (κ1) is 14.0. The van der Waals surface area contributed by atoms with Gasteiger partial charge in [-0.25, -0.2) is 0 Å². The molecule has 1 rings (SSSR count). The van der Waals surface area contributed by atoms with E-state index in [0.29, 0.717) is 0 Å². The van der Waals surface area contributed by atoms with Gasteiger partial charge in [0.05, 0.1) is 0 Å². The Morgan fingerprint density at radius 2 is 1.56 bits per heavy atom. The second-order valence-electron chi connectivity index (χ2n) is 6.28. The Bertz CT molecular complexity index is 181. The summed E-state index contributed by atoms with van der Waals surface area (Å²) in [4.78, 5) is 2.55. The smallest absolute Gasteiger partial charge is 0.00924 e. The Morgan fingerprint density at radius 3 is 2.06 bits per heavy atom. The normalized spacial score (nSPS) is 20.8. The van der Waals surface area contributed by atoms with Crippen molar-refractivity contribution in [1.29, 1.82) is 0 Å². The summed E-state index contributed by atoms with van der Waals surface area (Å²) in [7, 11) is 2.28. The molecule has 2 N–H and O–H groups in total. The molecule has 0 amide bonds. The molecule has 0 unspecified atom stereocenters. The van der Waals surface area contributed by atoms with Gasteiger partial charge in [-0.3, -0.25) is 0 Å². The maximum absolute atomic E-state index is 5.81. The van der Waals surface area contributed by atoms with Gasteiger partial charge in [-0.1, -0.05) is 46.0 Å². The highest BCUT2D eigenvalue weighted by Crippen LogP contribution is 2.23. The summed E-state index contributed by atoms with van der Waals surface area (Å²) in [5.41, 5.74) is 6.07. The van der Waals surface area contributed by atoms with E-state index in [-0.39, 0.29) is 5.41 Å². The largest absolute Gasteiger partial charge is 0.330 e. The number of rotatable bonds is 4. The minimum Gasteiger partial charge on any atom is -0.330 e. The molecule has 0 saturated heterocycles. The zero-order valence-corrected chi connectivity index (χ0v) is 11.5. The van der Waals surface area contributed by atoms with Gasteiger partial charge in [0.1, 0.15) is 0 Å². The Balaban J connectivity index is 2.41. The molecule has 0 aromatic carbocycles. The summed E-state index contributed by atoms with van der Waals surface area (Å²) in [6, 6.07) is 0.797. The monoisotopic (exact) mass is 226 g/mol. The van der Waals surface area contributed by atoms with Crippen molar-refractivity contribution >= 4 is 0 Å². The van der Waals surface area contributed by atoms with Crippen molar-refractivity contribution in [1.82, 2.24) is 4.90 Å². The molecular formula is C14H30N2. The van der Waals surface area contributed by atoms with Crippen molar-refractivity contribution in [3.8, 4) is 0 Å². The highest BCUT2D eigenvalue weighted by Gasteiger charge is 2.23. The quantitative estimate of drug-likeness (QED) is 0.798. The molecule has 0 aromatic rings. The lowest BCUT2D eigenvalue weighted by Crippen LogP contribution is -2.42. The molecule has 1 fully saturated rings. The topological polar surface area (TPSA) is 29.3 Å². The highest BCUT2D eigenvalue weighted by atomic mass is 15.1. The molecule has 1 aliphatic rings. The maximum atomic E-state index is 5.81. The standard InChI is InChI=1S/C14H30N2/c1-14(2,11-15)12-16(3)13-9-7-5-4-6-8-10-13/h13H,4-12,15H2,1-3H3. The van der Waals surface area contributed by atoms with Crippen LogP contribution < -0.4 is 5.73 Å². The summed E-state index contributed by atoms with van der Waals surface area (Å²) < 4.78 is 0. The van der Waals surface area contributed by atoms with Gasteiger partial charge in [0.2, 0.25) is 0 Å². The lowest BCUT2D eigenvalue weighted by atomic mass is 9.90. The van der Waals surface area contributed by atoms with Gasteiger partial charge in [-0.2, -0.15) is 0 Å². The lowest BCUT2D eigenvalue weighted by Gasteiger charge is -2.35. The van der Waals surface area contributed by atoms with E-state index in [9.17, 15) is 0 Å². The van der Waals surface area contributed by atoms with Crippen LogP contribution in [0.5, 0.6) is 0 Å². The minimum absolute atomic E-state index is 0.261. The van der Waals surface area contributed by atoms with Crippen molar-refractivity contribution in [3.63, 3.8) is 0 Å². The van der Waals surface area contributed by atoms with Gasteiger partial charge < -0.3 is 10.6 Å². The van der Waals surface area contributed by atoms with E-state index in [2.05, 4.69) is 25.8 Å². The molecule has 0 atom stereocenters. The summed E-state index contributed by atoms with van der Waals surface area (Å²) in [5.74, 6) is 0. The van der Waals surface area contributed by atoms with Crippen molar-refractivity contribution in [3.05, 3.63) is 0 Å². The minimum atomic E-state index is 0.261. The van der Waals surface area contributed by atoms with Crippen molar-refractivity contribution in [2.75, 3.05) is 20.1 Å². The summed E-state index contributed by atoms with van der Waals surface area (Å²) in [6.45, 7) is 6.46. The van der Waals surface area contributed by atoms with Crippen LogP contribution >= 0.6 is 0 Å². The van der Waals surface area contributed by atoms with Gasteiger partial charge in [0.25, 0.3) is 0 Å². The zero-order chi connectivity index (χ0) is 12.0. The van der Waals surface area contributed by atoms with Crippen LogP contribution in [-0.4, -0.2) is 31.1 Å².